The van der Waals surface area contributed by atoms with Crippen LogP contribution in [0.1, 0.15) is 28.9 Å². The Bertz CT molecular complexity index is 1410. The van der Waals surface area contributed by atoms with Crippen molar-refractivity contribution in [1.29, 1.82) is 0 Å². The van der Waals surface area contributed by atoms with Gasteiger partial charge in [-0.15, -0.1) is 0 Å². The molecule has 1 atom stereocenters. The third kappa shape index (κ3) is 4.83. The van der Waals surface area contributed by atoms with Crippen LogP contribution in [0.15, 0.2) is 65.7 Å². The maximum absolute atomic E-state index is 13.3. The van der Waals surface area contributed by atoms with Gasteiger partial charge in [-0.2, -0.15) is 14.9 Å². The molecule has 4 rings (SSSR count). The summed E-state index contributed by atoms with van der Waals surface area (Å²) in [6.45, 7) is 1.80. The van der Waals surface area contributed by atoms with Gasteiger partial charge in [-0.25, -0.2) is 0 Å². The zero-order valence-electron chi connectivity index (χ0n) is 18.6. The average molecular weight is 498 g/mol. The molecule has 0 bridgehead atoms. The highest BCUT2D eigenvalue weighted by molar-refractivity contribution is 6.32. The van der Waals surface area contributed by atoms with Crippen LogP contribution in [0.3, 0.4) is 0 Å². The number of carbonyl (C=O) groups is 1. The van der Waals surface area contributed by atoms with E-state index in [9.17, 15) is 9.59 Å². The van der Waals surface area contributed by atoms with Crippen molar-refractivity contribution >= 4 is 29.1 Å². The van der Waals surface area contributed by atoms with Crippen molar-refractivity contribution in [2.45, 2.75) is 13.0 Å². The fraction of sp³-hybridized carbons (Fsp3) is 0.167. The summed E-state index contributed by atoms with van der Waals surface area (Å²) < 4.78 is 7.90. The molecule has 1 amide bonds. The van der Waals surface area contributed by atoms with Crippen LogP contribution in [0.5, 0.6) is 5.75 Å². The summed E-state index contributed by atoms with van der Waals surface area (Å²) in [7, 11) is 3.26. The van der Waals surface area contributed by atoms with Crippen molar-refractivity contribution in [2.75, 3.05) is 7.11 Å². The standard InChI is InChI=1S/C24H21Cl2N5O3/c1-14(16-6-9-22(34-3)20(26)10-16)28-23(32)19-11-21(15-4-7-17(25)8-5-15)29-31(24(19)33)18-12-27-30(2)13-18/h4-14H,1-3H3,(H,28,32). The van der Waals surface area contributed by atoms with Gasteiger partial charge in [0.2, 0.25) is 0 Å². The lowest BCUT2D eigenvalue weighted by atomic mass is 10.1. The molecule has 0 saturated heterocycles. The van der Waals surface area contributed by atoms with Crippen LogP contribution in [0.25, 0.3) is 16.9 Å². The lowest BCUT2D eigenvalue weighted by Gasteiger charge is -2.16. The summed E-state index contributed by atoms with van der Waals surface area (Å²) >= 11 is 12.2. The number of benzene rings is 2. The average Bonchev–Trinajstić information content (AvgIpc) is 3.25. The van der Waals surface area contributed by atoms with Gasteiger partial charge in [0, 0.05) is 17.6 Å². The second kappa shape index (κ2) is 9.70. The van der Waals surface area contributed by atoms with Crippen molar-refractivity contribution in [3.63, 3.8) is 0 Å². The zero-order valence-corrected chi connectivity index (χ0v) is 20.1. The first-order valence-corrected chi connectivity index (χ1v) is 11.1. The molecule has 0 spiro atoms. The molecule has 0 saturated carbocycles. The summed E-state index contributed by atoms with van der Waals surface area (Å²) in [6, 6.07) is 13.3. The van der Waals surface area contributed by atoms with Gasteiger partial charge < -0.3 is 10.1 Å². The topological polar surface area (TPSA) is 91.0 Å². The fourth-order valence-corrected chi connectivity index (χ4v) is 3.81. The predicted octanol–water partition coefficient (Wildman–Crippen LogP) is 4.44. The lowest BCUT2D eigenvalue weighted by molar-refractivity contribution is 0.0937. The number of hydrogen-bond acceptors (Lipinski definition) is 5. The normalized spacial score (nSPS) is 11.8. The van der Waals surface area contributed by atoms with Gasteiger partial charge in [-0.05, 0) is 42.8 Å². The Morgan fingerprint density at radius 3 is 2.47 bits per heavy atom. The zero-order chi connectivity index (χ0) is 24.4. The Balaban J connectivity index is 1.74. The SMILES string of the molecule is COc1ccc(C(C)NC(=O)c2cc(-c3ccc(Cl)cc3)nn(-c3cnn(C)c3)c2=O)cc1Cl. The van der Waals surface area contributed by atoms with Crippen LogP contribution in [0.2, 0.25) is 10.0 Å². The Kier molecular flexibility index (Phi) is 6.72. The third-order valence-corrected chi connectivity index (χ3v) is 5.80. The summed E-state index contributed by atoms with van der Waals surface area (Å²) in [5.41, 5.74) is 1.71. The molecular weight excluding hydrogens is 477 g/mol. The number of ether oxygens (including phenoxy) is 1. The van der Waals surface area contributed by atoms with E-state index in [1.807, 2.05) is 0 Å². The van der Waals surface area contributed by atoms with E-state index in [1.54, 1.807) is 67.3 Å². The second-order valence-electron chi connectivity index (χ2n) is 7.63. The lowest BCUT2D eigenvalue weighted by Crippen LogP contribution is -2.35. The molecule has 2 heterocycles. The van der Waals surface area contributed by atoms with Gasteiger partial charge in [0.25, 0.3) is 11.5 Å². The van der Waals surface area contributed by atoms with Crippen LogP contribution >= 0.6 is 23.2 Å². The minimum Gasteiger partial charge on any atom is -0.495 e. The fourth-order valence-electron chi connectivity index (χ4n) is 3.42. The summed E-state index contributed by atoms with van der Waals surface area (Å²) in [6.07, 6.45) is 3.15. The first-order chi connectivity index (χ1) is 16.3. The van der Waals surface area contributed by atoms with E-state index >= 15 is 0 Å². The van der Waals surface area contributed by atoms with E-state index in [-0.39, 0.29) is 5.56 Å². The minimum atomic E-state index is -0.567. The summed E-state index contributed by atoms with van der Waals surface area (Å²) in [5, 5.41) is 12.4. The van der Waals surface area contributed by atoms with Crippen molar-refractivity contribution < 1.29 is 9.53 Å². The number of carbonyl (C=O) groups excluding carboxylic acids is 1. The predicted molar refractivity (Wildman–Crippen MR) is 131 cm³/mol. The largest absolute Gasteiger partial charge is 0.495 e. The Morgan fingerprint density at radius 1 is 1.12 bits per heavy atom. The molecule has 2 aromatic heterocycles. The maximum atomic E-state index is 13.3. The number of aryl methyl sites for hydroxylation is 1. The maximum Gasteiger partial charge on any atom is 0.284 e. The number of halogens is 2. The number of amides is 1. The molecule has 10 heteroatoms. The number of nitrogens with zero attached hydrogens (tertiary/aromatic N) is 4. The monoisotopic (exact) mass is 497 g/mol. The molecule has 174 valence electrons. The quantitative estimate of drug-likeness (QED) is 0.425. The van der Waals surface area contributed by atoms with E-state index in [0.717, 1.165) is 5.56 Å². The molecule has 34 heavy (non-hydrogen) atoms. The minimum absolute atomic E-state index is 0.0599. The molecule has 0 aliphatic rings. The third-order valence-electron chi connectivity index (χ3n) is 5.26. The molecule has 1 N–H and O–H groups in total. The number of rotatable bonds is 6. The van der Waals surface area contributed by atoms with Crippen LogP contribution in [-0.2, 0) is 7.05 Å². The van der Waals surface area contributed by atoms with E-state index in [2.05, 4.69) is 15.5 Å². The van der Waals surface area contributed by atoms with Crippen LogP contribution in [-0.4, -0.2) is 32.6 Å². The van der Waals surface area contributed by atoms with Crippen molar-refractivity contribution in [1.82, 2.24) is 24.9 Å². The van der Waals surface area contributed by atoms with Crippen LogP contribution < -0.4 is 15.6 Å². The highest BCUT2D eigenvalue weighted by Crippen LogP contribution is 2.28. The van der Waals surface area contributed by atoms with Crippen molar-refractivity contribution in [3.8, 4) is 22.7 Å². The Hall–Kier alpha value is -3.62. The molecular formula is C24H21Cl2N5O3. The van der Waals surface area contributed by atoms with Crippen molar-refractivity contribution in [2.24, 2.45) is 7.05 Å². The molecule has 0 fully saturated rings. The van der Waals surface area contributed by atoms with Crippen molar-refractivity contribution in [3.05, 3.63) is 92.5 Å². The molecule has 4 aromatic rings. The second-order valence-corrected chi connectivity index (χ2v) is 8.47. The van der Waals surface area contributed by atoms with E-state index in [0.29, 0.717) is 32.7 Å². The molecule has 1 unspecified atom stereocenters. The van der Waals surface area contributed by atoms with Crippen LogP contribution in [0.4, 0.5) is 0 Å². The molecule has 2 aromatic carbocycles. The van der Waals surface area contributed by atoms with Gasteiger partial charge in [0.1, 0.15) is 17.0 Å². The first-order valence-electron chi connectivity index (χ1n) is 10.3. The van der Waals surface area contributed by atoms with E-state index in [4.69, 9.17) is 27.9 Å². The Morgan fingerprint density at radius 2 is 1.85 bits per heavy atom. The van der Waals surface area contributed by atoms with Gasteiger partial charge in [-0.3, -0.25) is 14.3 Å². The molecule has 8 nitrogen and oxygen atoms in total. The highest BCUT2D eigenvalue weighted by atomic mass is 35.5. The van der Waals surface area contributed by atoms with Gasteiger partial charge in [0.15, 0.2) is 0 Å². The van der Waals surface area contributed by atoms with Gasteiger partial charge in [0.05, 0.1) is 36.3 Å². The van der Waals surface area contributed by atoms with E-state index in [1.165, 1.54) is 24.1 Å². The summed E-state index contributed by atoms with van der Waals surface area (Å²) in [4.78, 5) is 26.5. The smallest absolute Gasteiger partial charge is 0.284 e. The van der Waals surface area contributed by atoms with Crippen LogP contribution in [0, 0.1) is 0 Å². The molecule has 0 radical (unpaired) electrons. The Labute approximate surface area is 205 Å². The number of hydrogen-bond donors (Lipinski definition) is 1. The summed E-state index contributed by atoms with van der Waals surface area (Å²) in [5.74, 6) is -0.00951. The molecule has 0 aliphatic carbocycles. The number of aromatic nitrogens is 4. The van der Waals surface area contributed by atoms with Gasteiger partial charge in [-0.1, -0.05) is 41.4 Å². The first kappa shape index (κ1) is 23.5. The number of nitrogens with one attached hydrogen (secondary N) is 1. The molecule has 0 aliphatic heterocycles. The highest BCUT2D eigenvalue weighted by Gasteiger charge is 2.20. The number of methoxy groups -OCH3 is 1. The van der Waals surface area contributed by atoms with E-state index < -0.39 is 17.5 Å². The van der Waals surface area contributed by atoms with Gasteiger partial charge >= 0.3 is 0 Å².